The Bertz CT molecular complexity index is 2650. The minimum absolute atomic E-state index is 0.0803. The van der Waals surface area contributed by atoms with Crippen LogP contribution in [-0.2, 0) is 29.2 Å². The van der Waals surface area contributed by atoms with Gasteiger partial charge >= 0.3 is 386 Å². The van der Waals surface area contributed by atoms with Crippen LogP contribution in [0.15, 0.2) is 126 Å². The molecule has 0 spiro atoms. The average Bonchev–Trinajstić information content (AvgIpc) is 3.98. The summed E-state index contributed by atoms with van der Waals surface area (Å²) in [5, 5.41) is 3.00. The third-order valence-electron chi connectivity index (χ3n) is 14.7. The molecule has 317 valence electrons. The zero-order valence-corrected chi connectivity index (χ0v) is 43.5. The number of allylic oxidation sites excluding steroid dienone is 2. The van der Waals surface area contributed by atoms with Gasteiger partial charge in [-0.1, -0.05) is 0 Å². The number of aryl methyl sites for hydroxylation is 2. The van der Waals surface area contributed by atoms with Crippen molar-refractivity contribution in [3.8, 4) is 33.4 Å². The summed E-state index contributed by atoms with van der Waals surface area (Å²) in [5.74, 6) is 0.791. The van der Waals surface area contributed by atoms with E-state index in [-0.39, 0.29) is 7.25 Å². The Balaban J connectivity index is 1.40. The molecule has 0 aromatic heterocycles. The van der Waals surface area contributed by atoms with Gasteiger partial charge in [-0.15, -0.1) is 0 Å². The fourth-order valence-corrected chi connectivity index (χ4v) is 40.1. The van der Waals surface area contributed by atoms with Gasteiger partial charge in [0.1, 0.15) is 0 Å². The predicted octanol–water partition coefficient (Wildman–Crippen LogP) is 15.0. The van der Waals surface area contributed by atoms with Crippen LogP contribution in [0, 0.1) is 0 Å². The zero-order chi connectivity index (χ0) is 43.5. The van der Waals surface area contributed by atoms with Crippen molar-refractivity contribution < 1.29 is 16.4 Å². The molecule has 0 saturated carbocycles. The van der Waals surface area contributed by atoms with Crippen molar-refractivity contribution in [1.82, 2.24) is 0 Å². The van der Waals surface area contributed by atoms with Gasteiger partial charge in [0, 0.05) is 0 Å². The number of hydrogen-bond acceptors (Lipinski definition) is 0. The molecule has 3 aliphatic rings. The summed E-state index contributed by atoms with van der Waals surface area (Å²) in [6.07, 6.45) is 11.1. The fraction of sp³-hybridized carbons (Fsp3) is 0.310. The molecule has 0 radical (unpaired) electrons. The summed E-state index contributed by atoms with van der Waals surface area (Å²) in [6, 6.07) is 44.3. The van der Waals surface area contributed by atoms with Gasteiger partial charge in [-0.2, -0.15) is 0 Å². The number of hydrogen-bond donors (Lipinski definition) is 0. The third-order valence-corrected chi connectivity index (χ3v) is 37.5. The van der Waals surface area contributed by atoms with Gasteiger partial charge in [-0.25, -0.2) is 0 Å². The van der Waals surface area contributed by atoms with Crippen LogP contribution in [0.1, 0.15) is 145 Å². The van der Waals surface area contributed by atoms with E-state index >= 15 is 0 Å². The van der Waals surface area contributed by atoms with Crippen LogP contribution >= 0.6 is 17.0 Å². The van der Waals surface area contributed by atoms with Crippen LogP contribution in [0.2, 0.25) is 0 Å². The second kappa shape index (κ2) is 17.1. The van der Waals surface area contributed by atoms with Crippen molar-refractivity contribution in [3.05, 3.63) is 171 Å². The van der Waals surface area contributed by atoms with Crippen molar-refractivity contribution in [3.63, 3.8) is 0 Å². The van der Waals surface area contributed by atoms with Gasteiger partial charge in [0.2, 0.25) is 0 Å². The molecular formula is C58H63Cl2SiZr. The Morgan fingerprint density at radius 3 is 1.44 bits per heavy atom. The summed E-state index contributed by atoms with van der Waals surface area (Å²) in [4.78, 5) is 0. The van der Waals surface area contributed by atoms with Crippen LogP contribution in [0.25, 0.3) is 45.5 Å². The van der Waals surface area contributed by atoms with Crippen LogP contribution in [0.3, 0.4) is 0 Å². The molecular weight excluding hydrogens is 887 g/mol. The summed E-state index contributed by atoms with van der Waals surface area (Å²) >= 11 is -5.68. The summed E-state index contributed by atoms with van der Waals surface area (Å²) in [5.41, 5.74) is 22.1. The molecule has 0 N–H and O–H groups in total. The predicted molar refractivity (Wildman–Crippen MR) is 273 cm³/mol. The Hall–Kier alpha value is -3.52. The molecule has 0 amide bonds. The molecule has 2 unspecified atom stereocenters. The molecule has 1 heterocycles. The van der Waals surface area contributed by atoms with Gasteiger partial charge in [-0.05, 0) is 0 Å². The second-order valence-corrected chi connectivity index (χ2v) is 41.4. The van der Waals surface area contributed by atoms with Gasteiger partial charge in [0.05, 0.1) is 0 Å². The zero-order valence-electron chi connectivity index (χ0n) is 38.1. The van der Waals surface area contributed by atoms with Crippen molar-refractivity contribution in [2.45, 2.75) is 113 Å². The van der Waals surface area contributed by atoms with Gasteiger partial charge in [0.15, 0.2) is 0 Å². The van der Waals surface area contributed by atoms with Crippen LogP contribution in [0.4, 0.5) is 0 Å². The van der Waals surface area contributed by atoms with Crippen molar-refractivity contribution in [1.29, 1.82) is 0 Å². The SMILES string of the molecule is CCCC1=Cc2c(ccc(CC)c2-c2ccccc2C(C)C)[CH]1[Zr]([Cl])([Cl])([c]1cccc2c1[SiH2]c1ccccc1-2)[CH]1C(CCC)=Cc2c1ccc(CC)c2-c1ccccc1C(C)C. The quantitative estimate of drug-likeness (QED) is 0.101. The molecule has 0 fully saturated rings. The Morgan fingerprint density at radius 2 is 0.968 bits per heavy atom. The molecule has 0 nitrogen and oxygen atoms in total. The number of fused-ring (bicyclic) bond motifs is 5. The Labute approximate surface area is 383 Å². The van der Waals surface area contributed by atoms with E-state index in [1.807, 2.05) is 0 Å². The normalized spacial score (nSPS) is 17.5. The van der Waals surface area contributed by atoms with E-state index in [2.05, 4.69) is 183 Å². The number of benzene rings is 6. The Kier molecular flexibility index (Phi) is 12.1. The van der Waals surface area contributed by atoms with E-state index in [9.17, 15) is 17.0 Å². The topological polar surface area (TPSA) is 0 Å². The first-order valence-electron chi connectivity index (χ1n) is 23.6. The van der Waals surface area contributed by atoms with Crippen molar-refractivity contribution in [2.75, 3.05) is 0 Å². The second-order valence-electron chi connectivity index (χ2n) is 19.0. The van der Waals surface area contributed by atoms with Gasteiger partial charge in [0.25, 0.3) is 0 Å². The number of halogens is 2. The molecule has 0 bridgehead atoms. The summed E-state index contributed by atoms with van der Waals surface area (Å²) in [6.45, 7) is 18.6. The molecule has 4 heteroatoms. The van der Waals surface area contributed by atoms with Crippen molar-refractivity contribution in [2.24, 2.45) is 0 Å². The van der Waals surface area contributed by atoms with Gasteiger partial charge in [-0.3, -0.25) is 0 Å². The van der Waals surface area contributed by atoms with Crippen LogP contribution in [-0.4, -0.2) is 9.52 Å². The van der Waals surface area contributed by atoms with E-state index < -0.39 is 25.9 Å². The van der Waals surface area contributed by atoms with E-state index in [0.717, 1.165) is 38.5 Å². The molecule has 0 saturated heterocycles. The molecule has 62 heavy (non-hydrogen) atoms. The standard InChI is InChI=1S/2C23H27.C12H9Si.2ClH.Zr/c2*1-5-9-17-14-19-13-12-18(6-2)23(22(19)15-17)21-11-8-7-10-20(21)16(3)4;1-3-7-11-9(5-1)10-6-2-4-8-12(10)13-11;;;/h2*7-8,10-16H,5-6,9H2,1-4H3;1-7H,13H2;2*1H;/q;;;;;+2/p-2. The summed E-state index contributed by atoms with van der Waals surface area (Å²) in [7, 11) is 18.1. The third kappa shape index (κ3) is 6.84. The first-order valence-corrected chi connectivity index (χ1v) is 35.5. The van der Waals surface area contributed by atoms with E-state index in [1.54, 1.807) is 0 Å². The van der Waals surface area contributed by atoms with E-state index in [4.69, 9.17) is 0 Å². The average molecular weight is 950 g/mol. The molecule has 2 aliphatic carbocycles. The monoisotopic (exact) mass is 947 g/mol. The van der Waals surface area contributed by atoms with Gasteiger partial charge < -0.3 is 0 Å². The number of rotatable bonds is 13. The molecule has 6 aromatic carbocycles. The summed E-state index contributed by atoms with van der Waals surface area (Å²) < 4.78 is 1.16. The minimum atomic E-state index is -5.68. The van der Waals surface area contributed by atoms with Crippen LogP contribution < -0.4 is 13.6 Å². The molecule has 1 aliphatic heterocycles. The maximum absolute atomic E-state index is 9.50. The van der Waals surface area contributed by atoms with Crippen LogP contribution in [0.5, 0.6) is 0 Å². The first-order chi connectivity index (χ1) is 30.0. The molecule has 9 rings (SSSR count). The molecule has 6 aromatic rings. The first kappa shape index (κ1) is 43.7. The van der Waals surface area contributed by atoms with Crippen molar-refractivity contribution >= 4 is 52.3 Å². The van der Waals surface area contributed by atoms with E-state index in [0.29, 0.717) is 11.8 Å². The molecule has 2 atom stereocenters. The maximum atomic E-state index is 9.50. The Morgan fingerprint density at radius 1 is 0.516 bits per heavy atom. The fourth-order valence-electron chi connectivity index (χ4n) is 12.1. The van der Waals surface area contributed by atoms with E-state index in [1.165, 1.54) is 103 Å².